The number of piperidine rings is 1. The molecule has 2 fully saturated rings. The number of ether oxygens (including phenoxy) is 1. The third-order valence-electron chi connectivity index (χ3n) is 6.62. The van der Waals surface area contributed by atoms with Crippen LogP contribution in [-0.4, -0.2) is 81.3 Å². The Kier molecular flexibility index (Phi) is 8.95. The lowest BCUT2D eigenvalue weighted by Crippen LogP contribution is -2.50. The molecule has 40 heavy (non-hydrogen) atoms. The molecule has 18 heteroatoms. The molecule has 0 saturated carbocycles. The van der Waals surface area contributed by atoms with Crippen molar-refractivity contribution >= 4 is 43.0 Å². The molecule has 0 radical (unpaired) electrons. The monoisotopic (exact) mass is 624 g/mol. The van der Waals surface area contributed by atoms with E-state index < -0.39 is 55.0 Å². The van der Waals surface area contributed by atoms with Crippen LogP contribution in [0.3, 0.4) is 0 Å². The van der Waals surface area contributed by atoms with Crippen LogP contribution in [-0.2, 0) is 24.8 Å². The molecule has 0 unspecified atom stereocenters. The molecule has 2 aromatic rings. The predicted octanol–water partition coefficient (Wildman–Crippen LogP) is 1.74. The van der Waals surface area contributed by atoms with Crippen LogP contribution in [0.5, 0.6) is 0 Å². The van der Waals surface area contributed by atoms with Gasteiger partial charge in [0.15, 0.2) is 9.84 Å². The van der Waals surface area contributed by atoms with E-state index in [0.29, 0.717) is 6.07 Å². The topological polar surface area (TPSA) is 155 Å². The zero-order valence-corrected chi connectivity index (χ0v) is 23.1. The lowest BCUT2D eigenvalue weighted by Gasteiger charge is -2.35. The van der Waals surface area contributed by atoms with E-state index in [0.717, 1.165) is 21.1 Å². The van der Waals surface area contributed by atoms with Gasteiger partial charge < -0.3 is 10.1 Å². The van der Waals surface area contributed by atoms with E-state index in [1.54, 1.807) is 6.07 Å². The summed E-state index contributed by atoms with van der Waals surface area (Å²) >= 11 is 6.22. The van der Waals surface area contributed by atoms with Gasteiger partial charge in [-0.05, 0) is 31.0 Å². The Labute approximate surface area is 233 Å². The number of anilines is 2. The van der Waals surface area contributed by atoms with Gasteiger partial charge in [0.25, 0.3) is 5.56 Å². The van der Waals surface area contributed by atoms with Gasteiger partial charge in [-0.1, -0.05) is 11.6 Å². The number of nitriles is 1. The summed E-state index contributed by atoms with van der Waals surface area (Å²) in [7, 11) is -8.25. The fourth-order valence-corrected chi connectivity index (χ4v) is 7.47. The third-order valence-corrected chi connectivity index (χ3v) is 10.9. The smallest absolute Gasteiger partial charge is 0.329 e. The lowest BCUT2D eigenvalue weighted by molar-refractivity contribution is 0.140. The van der Waals surface area contributed by atoms with E-state index in [1.807, 2.05) is 0 Å². The standard InChI is InChI=1S/C22H24ClF3N6O6S2/c23-20-18(28-11-16-13-38-7-8-39(16,34)35)12-29-31(21(20)33)15-3-5-30(6-4-15)40(36,37)32(22(25)26)19-2-1-14(10-27)9-17(19)24/h1-2,9,12,15-16,22,28H,3-8,11,13H2/t16-/m1/s1. The summed E-state index contributed by atoms with van der Waals surface area (Å²) in [6, 6.07) is 3.50. The van der Waals surface area contributed by atoms with Crippen LogP contribution in [0.4, 0.5) is 24.5 Å². The number of nitrogens with zero attached hydrogens (tertiary/aromatic N) is 5. The summed E-state index contributed by atoms with van der Waals surface area (Å²) < 4.78 is 99.3. The highest BCUT2D eigenvalue weighted by Gasteiger charge is 2.39. The number of sulfone groups is 1. The molecule has 1 atom stereocenters. The van der Waals surface area contributed by atoms with Crippen LogP contribution in [0.25, 0.3) is 0 Å². The Bertz CT molecular complexity index is 1580. The quantitative estimate of drug-likeness (QED) is 0.433. The molecule has 2 aliphatic rings. The highest BCUT2D eigenvalue weighted by Crippen LogP contribution is 2.31. The zero-order chi connectivity index (χ0) is 29.2. The summed E-state index contributed by atoms with van der Waals surface area (Å²) in [5.41, 5.74) is -1.67. The van der Waals surface area contributed by atoms with Crippen molar-refractivity contribution < 1.29 is 34.7 Å². The van der Waals surface area contributed by atoms with Gasteiger partial charge in [0, 0.05) is 19.6 Å². The van der Waals surface area contributed by atoms with Crippen LogP contribution >= 0.6 is 11.6 Å². The molecular weight excluding hydrogens is 601 g/mol. The zero-order valence-electron chi connectivity index (χ0n) is 20.7. The highest BCUT2D eigenvalue weighted by atomic mass is 35.5. The molecule has 1 aromatic heterocycles. The summed E-state index contributed by atoms with van der Waals surface area (Å²) in [4.78, 5) is 12.9. The van der Waals surface area contributed by atoms with Crippen LogP contribution in [0.1, 0.15) is 24.4 Å². The first kappa shape index (κ1) is 30.1. The van der Waals surface area contributed by atoms with E-state index in [1.165, 1.54) is 6.20 Å². The Morgan fingerprint density at radius 2 is 2.00 bits per heavy atom. The van der Waals surface area contributed by atoms with Crippen molar-refractivity contribution in [3.63, 3.8) is 0 Å². The molecule has 2 saturated heterocycles. The molecule has 12 nitrogen and oxygen atoms in total. The second kappa shape index (κ2) is 11.9. The van der Waals surface area contributed by atoms with E-state index in [9.17, 15) is 34.8 Å². The van der Waals surface area contributed by atoms with Crippen molar-refractivity contribution in [1.82, 2.24) is 14.1 Å². The van der Waals surface area contributed by atoms with Gasteiger partial charge in [-0.3, -0.25) is 4.79 Å². The van der Waals surface area contributed by atoms with Crippen molar-refractivity contribution in [2.75, 3.05) is 48.2 Å². The summed E-state index contributed by atoms with van der Waals surface area (Å²) in [5, 5.41) is 14.7. The molecular formula is C22H24ClF3N6O6S2. The van der Waals surface area contributed by atoms with Gasteiger partial charge >= 0.3 is 16.8 Å². The maximum absolute atomic E-state index is 14.4. The van der Waals surface area contributed by atoms with Crippen LogP contribution in [0.2, 0.25) is 5.02 Å². The lowest BCUT2D eigenvalue weighted by atomic mass is 10.1. The minimum atomic E-state index is -4.89. The second-order valence-corrected chi connectivity index (χ2v) is 13.6. The van der Waals surface area contributed by atoms with Gasteiger partial charge in [-0.15, -0.1) is 0 Å². The van der Waals surface area contributed by atoms with Crippen molar-refractivity contribution in [2.45, 2.75) is 30.7 Å². The van der Waals surface area contributed by atoms with E-state index >= 15 is 0 Å². The van der Waals surface area contributed by atoms with Crippen molar-refractivity contribution in [3.05, 3.63) is 51.2 Å². The number of rotatable bonds is 8. The van der Waals surface area contributed by atoms with Crippen molar-refractivity contribution in [3.8, 4) is 6.07 Å². The van der Waals surface area contributed by atoms with Gasteiger partial charge in [-0.2, -0.15) is 36.2 Å². The largest absolute Gasteiger partial charge is 0.381 e. The van der Waals surface area contributed by atoms with E-state index in [4.69, 9.17) is 21.6 Å². The number of nitrogens with one attached hydrogen (secondary N) is 1. The van der Waals surface area contributed by atoms with Gasteiger partial charge in [-0.25, -0.2) is 17.5 Å². The average molecular weight is 625 g/mol. The Balaban J connectivity index is 1.46. The van der Waals surface area contributed by atoms with Crippen molar-refractivity contribution in [2.24, 2.45) is 0 Å². The van der Waals surface area contributed by atoms with Crippen LogP contribution < -0.4 is 15.2 Å². The summed E-state index contributed by atoms with van der Waals surface area (Å²) in [6.07, 6.45) is 1.27. The fraction of sp³-hybridized carbons (Fsp3) is 0.500. The number of hydrogen-bond acceptors (Lipinski definition) is 9. The number of benzene rings is 1. The third kappa shape index (κ3) is 6.05. The highest BCUT2D eigenvalue weighted by molar-refractivity contribution is 7.92. The summed E-state index contributed by atoms with van der Waals surface area (Å²) in [6.45, 7) is -4.10. The number of aromatic nitrogens is 2. The van der Waals surface area contributed by atoms with Crippen LogP contribution in [0.15, 0.2) is 29.2 Å². The fourth-order valence-electron chi connectivity index (χ4n) is 4.43. The maximum atomic E-state index is 14.4. The first-order chi connectivity index (χ1) is 18.9. The SMILES string of the molecule is N#Cc1ccc(N(C(F)F)S(=O)(=O)N2CCC(n3ncc(NC[C@@H]4COCCS4(=O)=O)c(Cl)c3=O)CC2)c(F)c1. The van der Waals surface area contributed by atoms with Gasteiger partial charge in [0.1, 0.15) is 16.1 Å². The van der Waals surface area contributed by atoms with E-state index in [2.05, 4.69) is 10.4 Å². The average Bonchev–Trinajstić information content (AvgIpc) is 2.91. The molecule has 4 rings (SSSR count). The van der Waals surface area contributed by atoms with Crippen molar-refractivity contribution in [1.29, 1.82) is 5.26 Å². The van der Waals surface area contributed by atoms with E-state index in [-0.39, 0.29) is 72.0 Å². The Morgan fingerprint density at radius 1 is 1.30 bits per heavy atom. The number of hydrogen-bond donors (Lipinski definition) is 1. The molecule has 0 spiro atoms. The molecule has 2 aliphatic heterocycles. The first-order valence-corrected chi connectivity index (χ1v) is 15.4. The summed E-state index contributed by atoms with van der Waals surface area (Å²) in [5.74, 6) is -1.41. The molecule has 0 aliphatic carbocycles. The number of halogens is 4. The predicted molar refractivity (Wildman–Crippen MR) is 139 cm³/mol. The molecule has 1 N–H and O–H groups in total. The second-order valence-electron chi connectivity index (χ2n) is 9.06. The Morgan fingerprint density at radius 3 is 2.60 bits per heavy atom. The Hall–Kier alpha value is -2.91. The molecule has 0 amide bonds. The first-order valence-electron chi connectivity index (χ1n) is 11.9. The molecule has 3 heterocycles. The minimum Gasteiger partial charge on any atom is -0.381 e. The molecule has 0 bridgehead atoms. The normalized spacial score (nSPS) is 20.2. The van der Waals surface area contributed by atoms with Gasteiger partial charge in [0.2, 0.25) is 0 Å². The number of alkyl halides is 2. The minimum absolute atomic E-state index is 0.000263. The molecule has 1 aromatic carbocycles. The maximum Gasteiger partial charge on any atom is 0.329 e. The molecule has 218 valence electrons. The van der Waals surface area contributed by atoms with Crippen LogP contribution in [0, 0.1) is 17.1 Å². The van der Waals surface area contributed by atoms with Gasteiger partial charge in [0.05, 0.1) is 54.2 Å².